The molecule has 0 radical (unpaired) electrons. The molecule has 0 saturated carbocycles. The molecule has 23 heavy (non-hydrogen) atoms. The minimum atomic E-state index is -0.180. The Balaban J connectivity index is 1.95. The monoisotopic (exact) mass is 308 g/mol. The maximum absolute atomic E-state index is 12.1. The third-order valence-electron chi connectivity index (χ3n) is 3.14. The molecule has 0 aliphatic heterocycles. The Bertz CT molecular complexity index is 746. The molecule has 1 amide bonds. The van der Waals surface area contributed by atoms with E-state index in [1.54, 1.807) is 55.5 Å². The van der Waals surface area contributed by atoms with Crippen LogP contribution in [0.4, 0.5) is 5.69 Å². The zero-order valence-corrected chi connectivity index (χ0v) is 12.7. The summed E-state index contributed by atoms with van der Waals surface area (Å²) in [7, 11) is 0. The number of hydrogen-bond donors (Lipinski definition) is 1. The van der Waals surface area contributed by atoms with Gasteiger partial charge in [-0.15, -0.1) is 0 Å². The van der Waals surface area contributed by atoms with Crippen LogP contribution in [0.15, 0.2) is 48.5 Å². The number of carbonyl (C=O) groups excluding carboxylic acids is 2. The highest BCUT2D eigenvalue weighted by molar-refractivity contribution is 5.98. The number of Topliss-reactive ketones (excluding diaryl/α,β-unsaturated/α-hetero) is 1. The van der Waals surface area contributed by atoms with Gasteiger partial charge in [0.15, 0.2) is 12.4 Å². The second-order valence-corrected chi connectivity index (χ2v) is 4.83. The first kappa shape index (κ1) is 16.2. The largest absolute Gasteiger partial charge is 0.485 e. The van der Waals surface area contributed by atoms with E-state index in [4.69, 9.17) is 10.00 Å². The van der Waals surface area contributed by atoms with Gasteiger partial charge < -0.3 is 10.1 Å². The predicted molar refractivity (Wildman–Crippen MR) is 86.3 cm³/mol. The second-order valence-electron chi connectivity index (χ2n) is 4.83. The summed E-state index contributed by atoms with van der Waals surface area (Å²) in [5.74, 6) is 0.217. The number of amides is 1. The van der Waals surface area contributed by atoms with E-state index in [1.807, 2.05) is 6.07 Å². The number of nitriles is 1. The van der Waals surface area contributed by atoms with Crippen LogP contribution in [0.25, 0.3) is 0 Å². The van der Waals surface area contributed by atoms with Gasteiger partial charge in [0, 0.05) is 17.7 Å². The number of nitrogens with zero attached hydrogens (tertiary/aromatic N) is 1. The topological polar surface area (TPSA) is 79.2 Å². The van der Waals surface area contributed by atoms with Crippen molar-refractivity contribution in [1.82, 2.24) is 0 Å². The minimum absolute atomic E-state index is 0.0789. The molecule has 0 atom stereocenters. The van der Waals surface area contributed by atoms with Gasteiger partial charge in [0.2, 0.25) is 5.91 Å². The van der Waals surface area contributed by atoms with Crippen molar-refractivity contribution in [3.63, 3.8) is 0 Å². The van der Waals surface area contributed by atoms with Crippen LogP contribution >= 0.6 is 0 Å². The lowest BCUT2D eigenvalue weighted by atomic mass is 10.1. The van der Waals surface area contributed by atoms with Crippen LogP contribution in [0.1, 0.15) is 29.3 Å². The van der Waals surface area contributed by atoms with Crippen LogP contribution in [-0.2, 0) is 4.79 Å². The molecule has 2 rings (SSSR count). The molecule has 5 nitrogen and oxygen atoms in total. The number of rotatable bonds is 6. The third kappa shape index (κ3) is 4.68. The average Bonchev–Trinajstić information content (AvgIpc) is 2.60. The smallest absolute Gasteiger partial charge is 0.224 e. The van der Waals surface area contributed by atoms with Crippen molar-refractivity contribution in [1.29, 1.82) is 5.26 Å². The SMILES string of the molecule is CCC(=O)Nc1ccc(C(=O)COc2cccc(C#N)c2)cc1. The standard InChI is InChI=1S/C18H16N2O3/c1-2-18(22)20-15-8-6-14(7-9-15)17(21)12-23-16-5-3-4-13(10-16)11-19/h3-10H,2,12H2,1H3,(H,20,22). The van der Waals surface area contributed by atoms with Gasteiger partial charge in [-0.05, 0) is 42.5 Å². The molecule has 0 heterocycles. The summed E-state index contributed by atoms with van der Waals surface area (Å²) < 4.78 is 5.41. The van der Waals surface area contributed by atoms with Gasteiger partial charge in [0.1, 0.15) is 5.75 Å². The summed E-state index contributed by atoms with van der Waals surface area (Å²) in [6.07, 6.45) is 0.399. The third-order valence-corrected chi connectivity index (χ3v) is 3.14. The van der Waals surface area contributed by atoms with E-state index >= 15 is 0 Å². The lowest BCUT2D eigenvalue weighted by molar-refractivity contribution is -0.115. The Labute approximate surface area is 134 Å². The normalized spacial score (nSPS) is 9.74. The first-order chi connectivity index (χ1) is 11.1. The minimum Gasteiger partial charge on any atom is -0.485 e. The zero-order chi connectivity index (χ0) is 16.7. The van der Waals surface area contributed by atoms with Gasteiger partial charge in [-0.2, -0.15) is 5.26 Å². The van der Waals surface area contributed by atoms with Gasteiger partial charge >= 0.3 is 0 Å². The molecule has 0 spiro atoms. The average molecular weight is 308 g/mol. The van der Waals surface area contributed by atoms with Gasteiger partial charge in [-0.25, -0.2) is 0 Å². The molecule has 0 unspecified atom stereocenters. The molecule has 1 N–H and O–H groups in total. The van der Waals surface area contributed by atoms with Crippen LogP contribution in [-0.4, -0.2) is 18.3 Å². The summed E-state index contributed by atoms with van der Waals surface area (Å²) in [6, 6.07) is 15.3. The van der Waals surface area contributed by atoms with Crippen LogP contribution < -0.4 is 10.1 Å². The molecule has 0 aromatic heterocycles. The Morgan fingerprint density at radius 3 is 2.57 bits per heavy atom. The highest BCUT2D eigenvalue weighted by atomic mass is 16.5. The first-order valence-corrected chi connectivity index (χ1v) is 7.18. The van der Waals surface area contributed by atoms with Crippen molar-refractivity contribution < 1.29 is 14.3 Å². The van der Waals surface area contributed by atoms with E-state index < -0.39 is 0 Å². The fraction of sp³-hybridized carbons (Fsp3) is 0.167. The van der Waals surface area contributed by atoms with Crippen molar-refractivity contribution >= 4 is 17.4 Å². The van der Waals surface area contributed by atoms with Gasteiger partial charge in [-0.3, -0.25) is 9.59 Å². The quantitative estimate of drug-likeness (QED) is 0.831. The summed E-state index contributed by atoms with van der Waals surface area (Å²) >= 11 is 0. The number of ketones is 1. The maximum Gasteiger partial charge on any atom is 0.224 e. The number of anilines is 1. The van der Waals surface area contributed by atoms with E-state index in [1.165, 1.54) is 0 Å². The Morgan fingerprint density at radius 2 is 1.91 bits per heavy atom. The van der Waals surface area contributed by atoms with E-state index in [2.05, 4.69) is 5.32 Å². The van der Waals surface area contributed by atoms with Crippen LogP contribution in [0.5, 0.6) is 5.75 Å². The Kier molecular flexibility index (Phi) is 5.48. The maximum atomic E-state index is 12.1. The van der Waals surface area contributed by atoms with Crippen LogP contribution in [0.3, 0.4) is 0 Å². The van der Waals surface area contributed by atoms with Gasteiger partial charge in [0.05, 0.1) is 11.6 Å². The molecular formula is C18H16N2O3. The lowest BCUT2D eigenvalue weighted by Gasteiger charge is -2.07. The first-order valence-electron chi connectivity index (χ1n) is 7.18. The molecule has 116 valence electrons. The van der Waals surface area contributed by atoms with E-state index in [9.17, 15) is 9.59 Å². The van der Waals surface area contributed by atoms with Gasteiger partial charge in [0.25, 0.3) is 0 Å². The predicted octanol–water partition coefficient (Wildman–Crippen LogP) is 3.17. The van der Waals surface area contributed by atoms with Crippen molar-refractivity contribution in [3.8, 4) is 11.8 Å². The Hall–Kier alpha value is -3.13. The molecule has 2 aromatic carbocycles. The molecular weight excluding hydrogens is 292 g/mol. The number of nitrogens with one attached hydrogen (secondary N) is 1. The van der Waals surface area contributed by atoms with Crippen molar-refractivity contribution in [2.75, 3.05) is 11.9 Å². The highest BCUT2D eigenvalue weighted by Gasteiger charge is 2.08. The van der Waals surface area contributed by atoms with Crippen molar-refractivity contribution in [2.45, 2.75) is 13.3 Å². The Morgan fingerprint density at radius 1 is 1.17 bits per heavy atom. The summed E-state index contributed by atoms with van der Waals surface area (Å²) in [4.78, 5) is 23.4. The molecule has 0 saturated heterocycles. The molecule has 0 aliphatic carbocycles. The van der Waals surface area contributed by atoms with E-state index in [0.29, 0.717) is 29.0 Å². The highest BCUT2D eigenvalue weighted by Crippen LogP contribution is 2.14. The van der Waals surface area contributed by atoms with Crippen LogP contribution in [0.2, 0.25) is 0 Å². The molecule has 5 heteroatoms. The molecule has 0 aliphatic rings. The zero-order valence-electron chi connectivity index (χ0n) is 12.7. The van der Waals surface area contributed by atoms with Crippen molar-refractivity contribution in [3.05, 3.63) is 59.7 Å². The lowest BCUT2D eigenvalue weighted by Crippen LogP contribution is -2.12. The van der Waals surface area contributed by atoms with Gasteiger partial charge in [-0.1, -0.05) is 13.0 Å². The van der Waals surface area contributed by atoms with Crippen LogP contribution in [0, 0.1) is 11.3 Å². The fourth-order valence-electron chi connectivity index (χ4n) is 1.88. The van der Waals surface area contributed by atoms with E-state index in [0.717, 1.165) is 0 Å². The molecule has 0 bridgehead atoms. The molecule has 0 fully saturated rings. The summed E-state index contributed by atoms with van der Waals surface area (Å²) in [5, 5.41) is 11.5. The summed E-state index contributed by atoms with van der Waals surface area (Å²) in [5.41, 5.74) is 1.62. The number of benzene rings is 2. The van der Waals surface area contributed by atoms with Crippen molar-refractivity contribution in [2.24, 2.45) is 0 Å². The fourth-order valence-corrected chi connectivity index (χ4v) is 1.88. The molecule has 2 aromatic rings. The summed E-state index contributed by atoms with van der Waals surface area (Å²) in [6.45, 7) is 1.65. The second kappa shape index (κ2) is 7.76. The number of carbonyl (C=O) groups is 2. The number of hydrogen-bond acceptors (Lipinski definition) is 4. The number of ether oxygens (including phenoxy) is 1. The van der Waals surface area contributed by atoms with E-state index in [-0.39, 0.29) is 18.3 Å².